The first-order valence-electron chi connectivity index (χ1n) is 6.33. The maximum atomic E-state index is 11.2. The highest BCUT2D eigenvalue weighted by Crippen LogP contribution is 2.33. The van der Waals surface area contributed by atoms with Crippen LogP contribution in [-0.4, -0.2) is 42.3 Å². The molecule has 1 aromatic carbocycles. The zero-order chi connectivity index (χ0) is 13.9. The van der Waals surface area contributed by atoms with Crippen molar-refractivity contribution in [3.63, 3.8) is 0 Å². The van der Waals surface area contributed by atoms with Crippen molar-refractivity contribution >= 4 is 21.9 Å². The van der Waals surface area contributed by atoms with Gasteiger partial charge in [-0.25, -0.2) is 0 Å². The number of rotatable bonds is 4. The van der Waals surface area contributed by atoms with Gasteiger partial charge in [0.1, 0.15) is 0 Å². The maximum absolute atomic E-state index is 11.2. The molecule has 104 valence electrons. The van der Waals surface area contributed by atoms with Gasteiger partial charge in [-0.15, -0.1) is 0 Å². The summed E-state index contributed by atoms with van der Waals surface area (Å²) in [5.74, 6) is -0.783. The molecule has 5 heteroatoms. The highest BCUT2D eigenvalue weighted by Gasteiger charge is 2.36. The van der Waals surface area contributed by atoms with Crippen molar-refractivity contribution in [3.05, 3.63) is 34.3 Å². The average molecular weight is 328 g/mol. The monoisotopic (exact) mass is 327 g/mol. The number of hydrogen-bond donors (Lipinski definition) is 1. The summed E-state index contributed by atoms with van der Waals surface area (Å²) in [6.45, 7) is 4.83. The van der Waals surface area contributed by atoms with E-state index in [0.29, 0.717) is 13.2 Å². The lowest BCUT2D eigenvalue weighted by atomic mass is 9.86. The van der Waals surface area contributed by atoms with Crippen molar-refractivity contribution in [2.75, 3.05) is 26.3 Å². The molecule has 1 aliphatic rings. The van der Waals surface area contributed by atoms with Gasteiger partial charge in [0, 0.05) is 17.6 Å². The lowest BCUT2D eigenvalue weighted by molar-refractivity contribution is -0.141. The summed E-state index contributed by atoms with van der Waals surface area (Å²) < 4.78 is 6.33. The standard InChI is InChI=1S/C14H18BrNO3/c1-14(10-13(17)18,16-5-7-19-8-6-16)11-3-2-4-12(15)9-11/h2-4,9H,5-8,10H2,1H3,(H,17,18). The first-order chi connectivity index (χ1) is 9.02. The summed E-state index contributed by atoms with van der Waals surface area (Å²) in [5.41, 5.74) is 0.519. The second-order valence-electron chi connectivity index (χ2n) is 4.95. The summed E-state index contributed by atoms with van der Waals surface area (Å²) >= 11 is 3.45. The zero-order valence-electron chi connectivity index (χ0n) is 10.9. The lowest BCUT2D eigenvalue weighted by Crippen LogP contribution is -2.50. The van der Waals surface area contributed by atoms with Crippen LogP contribution in [0.3, 0.4) is 0 Å². The summed E-state index contributed by atoms with van der Waals surface area (Å²) in [7, 11) is 0. The third-order valence-corrected chi connectivity index (χ3v) is 4.14. The Bertz CT molecular complexity index is 460. The largest absolute Gasteiger partial charge is 0.481 e. The number of carbonyl (C=O) groups is 1. The molecule has 19 heavy (non-hydrogen) atoms. The average Bonchev–Trinajstić information content (AvgIpc) is 2.39. The van der Waals surface area contributed by atoms with Gasteiger partial charge in [-0.1, -0.05) is 28.1 Å². The van der Waals surface area contributed by atoms with E-state index in [9.17, 15) is 9.90 Å². The van der Waals surface area contributed by atoms with E-state index in [2.05, 4.69) is 20.8 Å². The van der Waals surface area contributed by atoms with Crippen LogP contribution in [0.25, 0.3) is 0 Å². The van der Waals surface area contributed by atoms with E-state index in [0.717, 1.165) is 23.1 Å². The Balaban J connectivity index is 2.35. The molecule has 1 fully saturated rings. The van der Waals surface area contributed by atoms with E-state index in [1.807, 2.05) is 31.2 Å². The summed E-state index contributed by atoms with van der Waals surface area (Å²) in [6.07, 6.45) is 0.0868. The van der Waals surface area contributed by atoms with Gasteiger partial charge in [0.15, 0.2) is 0 Å². The Hall–Kier alpha value is -0.910. The van der Waals surface area contributed by atoms with Crippen LogP contribution in [0.5, 0.6) is 0 Å². The number of hydrogen-bond acceptors (Lipinski definition) is 3. The predicted molar refractivity (Wildman–Crippen MR) is 76.1 cm³/mol. The van der Waals surface area contributed by atoms with Gasteiger partial charge < -0.3 is 9.84 Å². The molecule has 0 aromatic heterocycles. The number of halogens is 1. The SMILES string of the molecule is CC(CC(=O)O)(c1cccc(Br)c1)N1CCOCC1. The molecule has 0 spiro atoms. The van der Waals surface area contributed by atoms with Crippen LogP contribution in [0.2, 0.25) is 0 Å². The van der Waals surface area contributed by atoms with Crippen molar-refractivity contribution in [3.8, 4) is 0 Å². The molecule has 1 aromatic rings. The molecule has 0 aliphatic carbocycles. The molecular weight excluding hydrogens is 310 g/mol. The Labute approximate surface area is 121 Å². The number of morpholine rings is 1. The number of benzene rings is 1. The zero-order valence-corrected chi connectivity index (χ0v) is 12.5. The molecule has 0 saturated carbocycles. The summed E-state index contributed by atoms with van der Waals surface area (Å²) in [6, 6.07) is 7.88. The summed E-state index contributed by atoms with van der Waals surface area (Å²) in [4.78, 5) is 13.4. The number of nitrogens with zero attached hydrogens (tertiary/aromatic N) is 1. The molecule has 1 atom stereocenters. The first kappa shape index (κ1) is 14.5. The fourth-order valence-corrected chi connectivity index (χ4v) is 2.97. The van der Waals surface area contributed by atoms with Crippen LogP contribution < -0.4 is 0 Å². The van der Waals surface area contributed by atoms with Crippen molar-refractivity contribution < 1.29 is 14.6 Å². The van der Waals surface area contributed by atoms with Crippen molar-refractivity contribution in [1.29, 1.82) is 0 Å². The van der Waals surface area contributed by atoms with E-state index < -0.39 is 11.5 Å². The second-order valence-corrected chi connectivity index (χ2v) is 5.87. The van der Waals surface area contributed by atoms with E-state index in [-0.39, 0.29) is 6.42 Å². The molecule has 1 heterocycles. The minimum absolute atomic E-state index is 0.0868. The predicted octanol–water partition coefficient (Wildman–Crippen LogP) is 2.47. The van der Waals surface area contributed by atoms with Crippen LogP contribution >= 0.6 is 15.9 Å². The van der Waals surface area contributed by atoms with Gasteiger partial charge in [0.25, 0.3) is 0 Å². The molecule has 1 aliphatic heterocycles. The minimum atomic E-state index is -0.783. The van der Waals surface area contributed by atoms with Crippen molar-refractivity contribution in [1.82, 2.24) is 4.90 Å². The fourth-order valence-electron chi connectivity index (χ4n) is 2.57. The summed E-state index contributed by atoms with van der Waals surface area (Å²) in [5, 5.41) is 9.24. The van der Waals surface area contributed by atoms with Crippen molar-refractivity contribution in [2.45, 2.75) is 18.9 Å². The minimum Gasteiger partial charge on any atom is -0.481 e. The normalized spacial score (nSPS) is 19.9. The lowest BCUT2D eigenvalue weighted by Gasteiger charge is -2.43. The molecule has 1 saturated heterocycles. The number of carboxylic acid groups (broad SMARTS) is 1. The van der Waals surface area contributed by atoms with Gasteiger partial charge in [-0.2, -0.15) is 0 Å². The van der Waals surface area contributed by atoms with Crippen molar-refractivity contribution in [2.24, 2.45) is 0 Å². The van der Waals surface area contributed by atoms with Gasteiger partial charge >= 0.3 is 5.97 Å². The third-order valence-electron chi connectivity index (χ3n) is 3.65. The van der Waals surface area contributed by atoms with Crippen LogP contribution in [-0.2, 0) is 15.1 Å². The quantitative estimate of drug-likeness (QED) is 0.923. The Morgan fingerprint density at radius 3 is 2.74 bits per heavy atom. The van der Waals surface area contributed by atoms with E-state index in [1.54, 1.807) is 0 Å². The number of carboxylic acids is 1. The number of aliphatic carboxylic acids is 1. The first-order valence-corrected chi connectivity index (χ1v) is 7.12. The molecule has 2 rings (SSSR count). The van der Waals surface area contributed by atoms with Crippen LogP contribution in [0.15, 0.2) is 28.7 Å². The van der Waals surface area contributed by atoms with E-state index >= 15 is 0 Å². The van der Waals surface area contributed by atoms with Crippen LogP contribution in [0.4, 0.5) is 0 Å². The molecule has 0 bridgehead atoms. The van der Waals surface area contributed by atoms with Gasteiger partial charge in [-0.3, -0.25) is 9.69 Å². The highest BCUT2D eigenvalue weighted by atomic mass is 79.9. The maximum Gasteiger partial charge on any atom is 0.305 e. The van der Waals surface area contributed by atoms with E-state index in [1.165, 1.54) is 0 Å². The topological polar surface area (TPSA) is 49.8 Å². The van der Waals surface area contributed by atoms with Gasteiger partial charge in [-0.05, 0) is 24.6 Å². The molecule has 0 amide bonds. The molecule has 1 N–H and O–H groups in total. The third kappa shape index (κ3) is 3.35. The molecular formula is C14H18BrNO3. The van der Waals surface area contributed by atoms with Crippen LogP contribution in [0.1, 0.15) is 18.9 Å². The number of ether oxygens (including phenoxy) is 1. The fraction of sp³-hybridized carbons (Fsp3) is 0.500. The van der Waals surface area contributed by atoms with Gasteiger partial charge in [0.05, 0.1) is 25.2 Å². The Morgan fingerprint density at radius 1 is 1.47 bits per heavy atom. The Morgan fingerprint density at radius 2 is 2.16 bits per heavy atom. The molecule has 0 radical (unpaired) electrons. The Kier molecular flexibility index (Phi) is 4.60. The highest BCUT2D eigenvalue weighted by molar-refractivity contribution is 9.10. The van der Waals surface area contributed by atoms with Crippen LogP contribution in [0, 0.1) is 0 Å². The second kappa shape index (κ2) is 6.03. The smallest absolute Gasteiger partial charge is 0.305 e. The molecule has 1 unspecified atom stereocenters. The van der Waals surface area contributed by atoms with E-state index in [4.69, 9.17) is 4.74 Å². The van der Waals surface area contributed by atoms with Gasteiger partial charge in [0.2, 0.25) is 0 Å². The molecule has 4 nitrogen and oxygen atoms in total.